The topological polar surface area (TPSA) is 71.5 Å². The quantitative estimate of drug-likeness (QED) is 0.590. The van der Waals surface area contributed by atoms with Crippen molar-refractivity contribution in [2.45, 2.75) is 19.8 Å². The van der Waals surface area contributed by atoms with E-state index in [4.69, 9.17) is 0 Å². The van der Waals surface area contributed by atoms with E-state index in [2.05, 4.69) is 0 Å². The highest BCUT2D eigenvalue weighted by Crippen LogP contribution is 2.04. The van der Waals surface area contributed by atoms with Crippen molar-refractivity contribution in [3.63, 3.8) is 0 Å². The van der Waals surface area contributed by atoms with Crippen molar-refractivity contribution in [3.05, 3.63) is 12.2 Å². The van der Waals surface area contributed by atoms with E-state index in [0.717, 1.165) is 17.1 Å². The largest absolute Gasteiger partial charge is 0.300 e. The Hall–Kier alpha value is -1.78. The summed E-state index contributed by atoms with van der Waals surface area (Å²) < 4.78 is 0. The molecule has 5 nitrogen and oxygen atoms in total. The zero-order chi connectivity index (χ0) is 11.4. The highest BCUT2D eigenvalue weighted by molar-refractivity contribution is 6.14. The molecule has 1 aliphatic heterocycles. The first-order chi connectivity index (χ1) is 7.00. The molecule has 0 saturated carbocycles. The molecule has 2 amide bonds. The van der Waals surface area contributed by atoms with Gasteiger partial charge in [0.15, 0.2) is 5.78 Å². The standard InChI is InChI=1S/C10H11NO4/c1-7(12)2-3-8(13)6-11-9(14)4-5-10(11)15/h4-5H,2-3,6H2,1H3. The fourth-order valence-electron chi connectivity index (χ4n) is 1.16. The van der Waals surface area contributed by atoms with Crippen LogP contribution in [0.2, 0.25) is 0 Å². The van der Waals surface area contributed by atoms with Crippen molar-refractivity contribution in [2.24, 2.45) is 0 Å². The Bertz CT molecular complexity index is 338. The zero-order valence-corrected chi connectivity index (χ0v) is 8.36. The molecular formula is C10H11NO4. The Balaban J connectivity index is 2.42. The van der Waals surface area contributed by atoms with Gasteiger partial charge in [0.2, 0.25) is 0 Å². The van der Waals surface area contributed by atoms with Crippen LogP contribution < -0.4 is 0 Å². The van der Waals surface area contributed by atoms with Crippen LogP contribution in [0.1, 0.15) is 19.8 Å². The normalized spacial score (nSPS) is 14.9. The Kier molecular flexibility index (Phi) is 3.49. The van der Waals surface area contributed by atoms with Crippen molar-refractivity contribution in [2.75, 3.05) is 6.54 Å². The molecule has 0 saturated heterocycles. The van der Waals surface area contributed by atoms with Gasteiger partial charge in [0.25, 0.3) is 11.8 Å². The van der Waals surface area contributed by atoms with Crippen LogP contribution in [-0.4, -0.2) is 34.8 Å². The van der Waals surface area contributed by atoms with Gasteiger partial charge in [-0.2, -0.15) is 0 Å². The molecule has 0 radical (unpaired) electrons. The van der Waals surface area contributed by atoms with Crippen molar-refractivity contribution in [1.82, 2.24) is 4.90 Å². The number of carbonyl (C=O) groups excluding carboxylic acids is 4. The number of carbonyl (C=O) groups is 4. The summed E-state index contributed by atoms with van der Waals surface area (Å²) in [6.45, 7) is 1.15. The summed E-state index contributed by atoms with van der Waals surface area (Å²) in [5, 5.41) is 0. The van der Waals surface area contributed by atoms with E-state index in [1.807, 2.05) is 0 Å². The van der Waals surface area contributed by atoms with Crippen LogP contribution in [0, 0.1) is 0 Å². The van der Waals surface area contributed by atoms with Crippen LogP contribution in [0.15, 0.2) is 12.2 Å². The number of rotatable bonds is 5. The van der Waals surface area contributed by atoms with Crippen molar-refractivity contribution in [3.8, 4) is 0 Å². The van der Waals surface area contributed by atoms with Gasteiger partial charge in [-0.1, -0.05) is 0 Å². The smallest absolute Gasteiger partial charge is 0.254 e. The maximum Gasteiger partial charge on any atom is 0.254 e. The van der Waals surface area contributed by atoms with Gasteiger partial charge < -0.3 is 4.79 Å². The third-order valence-electron chi connectivity index (χ3n) is 1.99. The highest BCUT2D eigenvalue weighted by atomic mass is 16.2. The van der Waals surface area contributed by atoms with Crippen LogP contribution in [0.4, 0.5) is 0 Å². The van der Waals surface area contributed by atoms with Gasteiger partial charge in [-0.05, 0) is 6.92 Å². The lowest BCUT2D eigenvalue weighted by Gasteiger charge is -2.11. The fraction of sp³-hybridized carbons (Fsp3) is 0.400. The number of hydrogen-bond acceptors (Lipinski definition) is 4. The van der Waals surface area contributed by atoms with Gasteiger partial charge in [0.05, 0.1) is 6.54 Å². The molecule has 1 heterocycles. The zero-order valence-electron chi connectivity index (χ0n) is 8.36. The molecule has 0 unspecified atom stereocenters. The summed E-state index contributed by atoms with van der Waals surface area (Å²) in [4.78, 5) is 44.8. The molecule has 15 heavy (non-hydrogen) atoms. The maximum atomic E-state index is 11.3. The predicted octanol–water partition coefficient (Wildman–Crippen LogP) is -0.150. The highest BCUT2D eigenvalue weighted by Gasteiger charge is 2.25. The number of Topliss-reactive ketones (excluding diaryl/α,β-unsaturated/α-hetero) is 2. The average Bonchev–Trinajstić information content (AvgIpc) is 2.46. The van der Waals surface area contributed by atoms with Crippen LogP contribution in [0.5, 0.6) is 0 Å². The third-order valence-corrected chi connectivity index (χ3v) is 1.99. The SMILES string of the molecule is CC(=O)CCC(=O)CN1C(=O)C=CC1=O. The first-order valence-corrected chi connectivity index (χ1v) is 4.55. The molecule has 0 fully saturated rings. The predicted molar refractivity (Wildman–Crippen MR) is 50.8 cm³/mol. The summed E-state index contributed by atoms with van der Waals surface area (Å²) in [5.41, 5.74) is 0. The van der Waals surface area contributed by atoms with E-state index in [-0.39, 0.29) is 31.0 Å². The van der Waals surface area contributed by atoms with Gasteiger partial charge >= 0.3 is 0 Å². The Labute approximate surface area is 86.7 Å². The molecular weight excluding hydrogens is 198 g/mol. The van der Waals surface area contributed by atoms with E-state index in [1.54, 1.807) is 0 Å². The Morgan fingerprint density at radius 2 is 1.67 bits per heavy atom. The number of imide groups is 1. The first-order valence-electron chi connectivity index (χ1n) is 4.55. The summed E-state index contributed by atoms with van der Waals surface area (Å²) in [5.74, 6) is -1.32. The minimum atomic E-state index is -0.476. The second-order valence-electron chi connectivity index (χ2n) is 3.34. The second kappa shape index (κ2) is 4.63. The van der Waals surface area contributed by atoms with Crippen LogP contribution >= 0.6 is 0 Å². The first kappa shape index (κ1) is 11.3. The van der Waals surface area contributed by atoms with Gasteiger partial charge in [-0.15, -0.1) is 0 Å². The molecule has 0 aliphatic carbocycles. The second-order valence-corrected chi connectivity index (χ2v) is 3.34. The van der Waals surface area contributed by atoms with E-state index in [9.17, 15) is 19.2 Å². The lowest BCUT2D eigenvalue weighted by molar-refractivity contribution is -0.140. The molecule has 0 N–H and O–H groups in total. The van der Waals surface area contributed by atoms with E-state index in [1.165, 1.54) is 6.92 Å². The lowest BCUT2D eigenvalue weighted by atomic mass is 10.1. The number of nitrogens with zero attached hydrogens (tertiary/aromatic N) is 1. The van der Waals surface area contributed by atoms with Crippen LogP contribution in [0.3, 0.4) is 0 Å². The van der Waals surface area contributed by atoms with E-state index >= 15 is 0 Å². The van der Waals surface area contributed by atoms with Gasteiger partial charge in [0.1, 0.15) is 5.78 Å². The Morgan fingerprint density at radius 1 is 1.13 bits per heavy atom. The molecule has 1 aliphatic rings. The number of ketones is 2. The van der Waals surface area contributed by atoms with Crippen molar-refractivity contribution >= 4 is 23.4 Å². The summed E-state index contributed by atoms with van der Waals surface area (Å²) in [6, 6.07) is 0. The minimum absolute atomic E-state index is 0.0758. The van der Waals surface area contributed by atoms with Crippen molar-refractivity contribution < 1.29 is 19.2 Å². The molecule has 0 spiro atoms. The van der Waals surface area contributed by atoms with Gasteiger partial charge in [0, 0.05) is 25.0 Å². The minimum Gasteiger partial charge on any atom is -0.300 e. The lowest BCUT2D eigenvalue weighted by Crippen LogP contribution is -2.35. The monoisotopic (exact) mass is 209 g/mol. The molecule has 0 aromatic rings. The molecule has 0 aromatic carbocycles. The van der Waals surface area contributed by atoms with Crippen LogP contribution in [0.25, 0.3) is 0 Å². The summed E-state index contributed by atoms with van der Waals surface area (Å²) in [7, 11) is 0. The fourth-order valence-corrected chi connectivity index (χ4v) is 1.16. The number of amides is 2. The summed E-state index contributed by atoms with van der Waals surface area (Å²) >= 11 is 0. The van der Waals surface area contributed by atoms with E-state index in [0.29, 0.717) is 0 Å². The Morgan fingerprint density at radius 3 is 2.13 bits per heavy atom. The maximum absolute atomic E-state index is 11.3. The third kappa shape index (κ3) is 3.12. The summed E-state index contributed by atoms with van der Waals surface area (Å²) in [6.07, 6.45) is 2.48. The molecule has 80 valence electrons. The molecule has 5 heteroatoms. The molecule has 0 bridgehead atoms. The van der Waals surface area contributed by atoms with Gasteiger partial charge in [-0.25, -0.2) is 0 Å². The average molecular weight is 209 g/mol. The van der Waals surface area contributed by atoms with E-state index < -0.39 is 11.8 Å². The number of hydrogen-bond donors (Lipinski definition) is 0. The molecule has 0 aromatic heterocycles. The molecule has 0 atom stereocenters. The van der Waals surface area contributed by atoms with Crippen LogP contribution in [-0.2, 0) is 19.2 Å². The van der Waals surface area contributed by atoms with Gasteiger partial charge in [-0.3, -0.25) is 19.3 Å². The molecule has 1 rings (SSSR count). The van der Waals surface area contributed by atoms with Crippen molar-refractivity contribution in [1.29, 1.82) is 0 Å².